The van der Waals surface area contributed by atoms with Crippen molar-refractivity contribution in [2.24, 2.45) is 0 Å². The molecule has 1 aromatic carbocycles. The molecule has 0 bridgehead atoms. The Morgan fingerprint density at radius 2 is 2.04 bits per heavy atom. The lowest BCUT2D eigenvalue weighted by molar-refractivity contribution is -0.214. The summed E-state index contributed by atoms with van der Waals surface area (Å²) in [5.74, 6) is 0.522. The van der Waals surface area contributed by atoms with Crippen LogP contribution in [0.3, 0.4) is 0 Å². The summed E-state index contributed by atoms with van der Waals surface area (Å²) in [4.78, 5) is 4.07. The SMILES string of the molecule is COc1cncc(-c2cccc(C3(C(F)(F)F)COCC(=S)N3)c2)c1. The van der Waals surface area contributed by atoms with E-state index in [-0.39, 0.29) is 17.2 Å². The quantitative estimate of drug-likeness (QED) is 0.841. The number of nitrogens with one attached hydrogen (secondary N) is 1. The normalized spacial score (nSPS) is 20.9. The van der Waals surface area contributed by atoms with E-state index in [2.05, 4.69) is 10.3 Å². The van der Waals surface area contributed by atoms with E-state index < -0.39 is 18.3 Å². The molecule has 1 saturated heterocycles. The van der Waals surface area contributed by atoms with Gasteiger partial charge in [0.25, 0.3) is 0 Å². The Balaban J connectivity index is 2.08. The standard InChI is InChI=1S/C17H15F3N2O2S/c1-23-14-6-12(7-21-8-14)11-3-2-4-13(5-11)16(17(18,19)20)10-24-9-15(25)22-16/h2-8H,9-10H2,1H3,(H,22,25). The Kier molecular flexibility index (Phi) is 4.66. The maximum absolute atomic E-state index is 13.9. The first-order valence-electron chi connectivity index (χ1n) is 7.41. The molecule has 1 aromatic heterocycles. The largest absolute Gasteiger partial charge is 0.495 e. The van der Waals surface area contributed by atoms with E-state index in [1.54, 1.807) is 24.4 Å². The lowest BCUT2D eigenvalue weighted by Crippen LogP contribution is -2.62. The molecule has 1 atom stereocenters. The fourth-order valence-electron chi connectivity index (χ4n) is 2.73. The second kappa shape index (κ2) is 6.61. The minimum atomic E-state index is -4.58. The van der Waals surface area contributed by atoms with Crippen molar-refractivity contribution in [3.63, 3.8) is 0 Å². The fraction of sp³-hybridized carbons (Fsp3) is 0.294. The summed E-state index contributed by atoms with van der Waals surface area (Å²) >= 11 is 4.92. The molecule has 0 spiro atoms. The number of benzene rings is 1. The highest BCUT2D eigenvalue weighted by Crippen LogP contribution is 2.41. The van der Waals surface area contributed by atoms with Gasteiger partial charge in [0.1, 0.15) is 10.7 Å². The third-order valence-electron chi connectivity index (χ3n) is 4.03. The van der Waals surface area contributed by atoms with E-state index in [4.69, 9.17) is 21.7 Å². The lowest BCUT2D eigenvalue weighted by atomic mass is 9.87. The zero-order valence-corrected chi connectivity index (χ0v) is 14.1. The Morgan fingerprint density at radius 1 is 1.24 bits per heavy atom. The molecule has 2 heterocycles. The highest BCUT2D eigenvalue weighted by molar-refractivity contribution is 7.80. The number of hydrogen-bond acceptors (Lipinski definition) is 4. The van der Waals surface area contributed by atoms with E-state index in [0.29, 0.717) is 16.9 Å². The van der Waals surface area contributed by atoms with Gasteiger partial charge in [-0.05, 0) is 23.3 Å². The first-order chi connectivity index (χ1) is 11.9. The van der Waals surface area contributed by atoms with Crippen LogP contribution in [0.2, 0.25) is 0 Å². The highest BCUT2D eigenvalue weighted by atomic mass is 32.1. The molecule has 0 saturated carbocycles. The molecule has 3 rings (SSSR count). The van der Waals surface area contributed by atoms with Gasteiger partial charge in [0.2, 0.25) is 0 Å². The number of halogens is 3. The number of ether oxygens (including phenoxy) is 2. The highest BCUT2D eigenvalue weighted by Gasteiger charge is 2.58. The monoisotopic (exact) mass is 368 g/mol. The van der Waals surface area contributed by atoms with Crippen molar-refractivity contribution >= 4 is 17.2 Å². The molecule has 1 aliphatic rings. The molecule has 8 heteroatoms. The van der Waals surface area contributed by atoms with Crippen LogP contribution in [0.4, 0.5) is 13.2 Å². The summed E-state index contributed by atoms with van der Waals surface area (Å²) in [7, 11) is 1.50. The molecule has 0 radical (unpaired) electrons. The predicted molar refractivity (Wildman–Crippen MR) is 90.5 cm³/mol. The maximum atomic E-state index is 13.9. The molecule has 1 N–H and O–H groups in total. The summed E-state index contributed by atoms with van der Waals surface area (Å²) in [6.07, 6.45) is -1.49. The molecule has 132 valence electrons. The van der Waals surface area contributed by atoms with Gasteiger partial charge >= 0.3 is 6.18 Å². The summed E-state index contributed by atoms with van der Waals surface area (Å²) in [5.41, 5.74) is -1.10. The Labute approximate surface area is 148 Å². The number of thiocarbonyl (C=S) groups is 1. The van der Waals surface area contributed by atoms with Crippen LogP contribution in [0.1, 0.15) is 5.56 Å². The van der Waals surface area contributed by atoms with Crippen LogP contribution in [0.15, 0.2) is 42.7 Å². The number of alkyl halides is 3. The van der Waals surface area contributed by atoms with Gasteiger partial charge < -0.3 is 14.8 Å². The second-order valence-electron chi connectivity index (χ2n) is 5.64. The van der Waals surface area contributed by atoms with Crippen molar-refractivity contribution in [3.05, 3.63) is 48.3 Å². The van der Waals surface area contributed by atoms with Gasteiger partial charge in [-0.15, -0.1) is 0 Å². The summed E-state index contributed by atoms with van der Waals surface area (Å²) in [6.45, 7) is -0.566. The minimum Gasteiger partial charge on any atom is -0.495 e. The van der Waals surface area contributed by atoms with Crippen molar-refractivity contribution in [1.82, 2.24) is 10.3 Å². The van der Waals surface area contributed by atoms with Gasteiger partial charge in [-0.3, -0.25) is 4.98 Å². The number of rotatable bonds is 3. The molecule has 1 fully saturated rings. The van der Waals surface area contributed by atoms with E-state index in [1.165, 1.54) is 25.4 Å². The third-order valence-corrected chi connectivity index (χ3v) is 4.25. The van der Waals surface area contributed by atoms with Crippen molar-refractivity contribution in [2.45, 2.75) is 11.7 Å². The molecule has 1 unspecified atom stereocenters. The average molecular weight is 368 g/mol. The van der Waals surface area contributed by atoms with Gasteiger partial charge in [-0.2, -0.15) is 13.2 Å². The first kappa shape index (κ1) is 17.6. The number of pyridine rings is 1. The average Bonchev–Trinajstić information content (AvgIpc) is 2.61. The molecular formula is C17H15F3N2O2S. The summed E-state index contributed by atoms with van der Waals surface area (Å²) < 4.78 is 51.8. The zero-order chi connectivity index (χ0) is 18.1. The zero-order valence-electron chi connectivity index (χ0n) is 13.3. The third kappa shape index (κ3) is 3.32. The van der Waals surface area contributed by atoms with Gasteiger partial charge in [-0.25, -0.2) is 0 Å². The molecule has 4 nitrogen and oxygen atoms in total. The molecule has 0 amide bonds. The van der Waals surface area contributed by atoms with Crippen LogP contribution in [0.5, 0.6) is 5.75 Å². The first-order valence-corrected chi connectivity index (χ1v) is 7.82. The van der Waals surface area contributed by atoms with Gasteiger partial charge in [0.05, 0.1) is 26.5 Å². The van der Waals surface area contributed by atoms with Gasteiger partial charge in [0, 0.05) is 11.8 Å². The van der Waals surface area contributed by atoms with Crippen LogP contribution >= 0.6 is 12.2 Å². The number of hydrogen-bond donors (Lipinski definition) is 1. The number of aromatic nitrogens is 1. The molecular weight excluding hydrogens is 353 g/mol. The smallest absolute Gasteiger partial charge is 0.418 e. The number of methoxy groups -OCH3 is 1. The molecule has 2 aromatic rings. The van der Waals surface area contributed by atoms with E-state index in [1.807, 2.05) is 0 Å². The van der Waals surface area contributed by atoms with Gasteiger partial charge in [0.15, 0.2) is 5.54 Å². The van der Waals surface area contributed by atoms with Crippen LogP contribution in [0.25, 0.3) is 11.1 Å². The second-order valence-corrected chi connectivity index (χ2v) is 6.13. The summed E-state index contributed by atoms with van der Waals surface area (Å²) in [6, 6.07) is 7.87. The Hall–Kier alpha value is -2.19. The van der Waals surface area contributed by atoms with E-state index in [0.717, 1.165) is 0 Å². The lowest BCUT2D eigenvalue weighted by Gasteiger charge is -2.40. The summed E-state index contributed by atoms with van der Waals surface area (Å²) in [5, 5.41) is 2.43. The predicted octanol–water partition coefficient (Wildman–Crippen LogP) is 3.46. The number of nitrogens with zero attached hydrogens (tertiary/aromatic N) is 1. The van der Waals surface area contributed by atoms with Crippen molar-refractivity contribution in [1.29, 1.82) is 0 Å². The minimum absolute atomic E-state index is 0.0212. The molecule has 0 aliphatic carbocycles. The van der Waals surface area contributed by atoms with Crippen molar-refractivity contribution < 1.29 is 22.6 Å². The maximum Gasteiger partial charge on any atom is 0.418 e. The van der Waals surface area contributed by atoms with Crippen LogP contribution in [0, 0.1) is 0 Å². The molecule has 25 heavy (non-hydrogen) atoms. The Bertz CT molecular complexity index is 797. The van der Waals surface area contributed by atoms with Gasteiger partial charge in [-0.1, -0.05) is 30.4 Å². The topological polar surface area (TPSA) is 43.4 Å². The van der Waals surface area contributed by atoms with Crippen molar-refractivity contribution in [3.8, 4) is 16.9 Å². The van der Waals surface area contributed by atoms with E-state index >= 15 is 0 Å². The number of morpholine rings is 1. The van der Waals surface area contributed by atoms with Crippen LogP contribution in [-0.4, -0.2) is 36.5 Å². The van der Waals surface area contributed by atoms with E-state index in [9.17, 15) is 13.2 Å². The van der Waals surface area contributed by atoms with Crippen molar-refractivity contribution in [2.75, 3.05) is 20.3 Å². The molecule has 1 aliphatic heterocycles. The van der Waals surface area contributed by atoms with Crippen LogP contribution in [-0.2, 0) is 10.3 Å². The fourth-order valence-corrected chi connectivity index (χ4v) is 2.99. The Morgan fingerprint density at radius 3 is 2.72 bits per heavy atom. The van der Waals surface area contributed by atoms with Crippen LogP contribution < -0.4 is 10.1 Å².